The Balaban J connectivity index is 1.74. The van der Waals surface area contributed by atoms with Gasteiger partial charge in [0, 0.05) is 41.6 Å². The first kappa shape index (κ1) is 20.9. The van der Waals surface area contributed by atoms with Crippen LogP contribution in [0, 0.1) is 0 Å². The van der Waals surface area contributed by atoms with Crippen LogP contribution in [-0.2, 0) is 14.8 Å². The summed E-state index contributed by atoms with van der Waals surface area (Å²) in [5, 5.41) is 0.402. The highest BCUT2D eigenvalue weighted by Gasteiger charge is 2.27. The maximum atomic E-state index is 12.9. The van der Waals surface area contributed by atoms with Crippen molar-refractivity contribution in [2.45, 2.75) is 37.2 Å². The van der Waals surface area contributed by atoms with E-state index in [0.29, 0.717) is 29.2 Å². The molecule has 6 nitrogen and oxygen atoms in total. The molecule has 0 amide bonds. The second kappa shape index (κ2) is 9.13. The van der Waals surface area contributed by atoms with Gasteiger partial charge < -0.3 is 4.74 Å². The number of nitrogens with zero attached hydrogens (tertiary/aromatic N) is 2. The Kier molecular flexibility index (Phi) is 6.82. The van der Waals surface area contributed by atoms with Gasteiger partial charge in [-0.1, -0.05) is 18.0 Å². The summed E-state index contributed by atoms with van der Waals surface area (Å²) >= 11 is 6.28. The summed E-state index contributed by atoms with van der Waals surface area (Å²) in [5.74, 6) is -0.201. The van der Waals surface area contributed by atoms with Crippen LogP contribution in [0.3, 0.4) is 0 Å². The number of carbonyl (C=O) groups is 1. The minimum Gasteiger partial charge on any atom is -0.366 e. The molecule has 28 heavy (non-hydrogen) atoms. The first-order valence-corrected chi connectivity index (χ1v) is 11.1. The second-order valence-corrected chi connectivity index (χ2v) is 9.11. The maximum Gasteiger partial charge on any atom is 0.243 e. The van der Waals surface area contributed by atoms with Crippen LogP contribution in [-0.4, -0.2) is 43.2 Å². The van der Waals surface area contributed by atoms with Gasteiger partial charge in [-0.2, -0.15) is 4.31 Å². The number of benzene rings is 1. The monoisotopic (exact) mass is 422 g/mol. The fraction of sp³-hybridized carbons (Fsp3) is 0.400. The molecule has 150 valence electrons. The lowest BCUT2D eigenvalue weighted by atomic mass is 10.1. The van der Waals surface area contributed by atoms with E-state index in [4.69, 9.17) is 16.3 Å². The van der Waals surface area contributed by atoms with Gasteiger partial charge in [0.1, 0.15) is 6.61 Å². The Morgan fingerprint density at radius 3 is 2.68 bits per heavy atom. The summed E-state index contributed by atoms with van der Waals surface area (Å²) in [4.78, 5) is 16.3. The zero-order chi connectivity index (χ0) is 20.1. The molecule has 0 radical (unpaired) electrons. The Hall–Kier alpha value is -1.80. The molecule has 0 aliphatic carbocycles. The largest absolute Gasteiger partial charge is 0.366 e. The van der Waals surface area contributed by atoms with Crippen LogP contribution in [0.1, 0.15) is 48.2 Å². The Morgan fingerprint density at radius 1 is 1.25 bits per heavy atom. The lowest BCUT2D eigenvalue weighted by Crippen LogP contribution is -2.35. The molecule has 1 aromatic carbocycles. The number of halogens is 1. The van der Waals surface area contributed by atoms with Crippen LogP contribution in [0.25, 0.3) is 0 Å². The van der Waals surface area contributed by atoms with Gasteiger partial charge >= 0.3 is 0 Å². The van der Waals surface area contributed by atoms with Gasteiger partial charge in [0.15, 0.2) is 5.78 Å². The maximum absolute atomic E-state index is 12.9. The number of hydrogen-bond donors (Lipinski definition) is 0. The predicted molar refractivity (Wildman–Crippen MR) is 107 cm³/mol. The normalized spacial score (nSPS) is 16.6. The van der Waals surface area contributed by atoms with Crippen molar-refractivity contribution in [1.82, 2.24) is 9.29 Å². The van der Waals surface area contributed by atoms with Crippen molar-refractivity contribution >= 4 is 27.4 Å². The molecule has 2 aromatic rings. The van der Waals surface area contributed by atoms with Crippen molar-refractivity contribution in [3.05, 3.63) is 58.9 Å². The van der Waals surface area contributed by atoms with E-state index >= 15 is 0 Å². The standard InChI is InChI=1S/C20H23ClN2O4S/c1-15(27-14-20(24)16-6-5-9-22-13-16)18-12-17(7-8-19(18)21)28(25,26)23-10-3-2-4-11-23/h5-9,12-13,15H,2-4,10-11,14H2,1H3. The van der Waals surface area contributed by atoms with E-state index in [1.165, 1.54) is 16.6 Å². The van der Waals surface area contributed by atoms with E-state index in [-0.39, 0.29) is 17.3 Å². The minimum absolute atomic E-state index is 0.147. The molecule has 0 saturated carbocycles. The van der Waals surface area contributed by atoms with Crippen LogP contribution in [0.4, 0.5) is 0 Å². The smallest absolute Gasteiger partial charge is 0.243 e. The molecule has 2 heterocycles. The number of rotatable bonds is 7. The van der Waals surface area contributed by atoms with Crippen LogP contribution in [0.15, 0.2) is 47.6 Å². The molecular weight excluding hydrogens is 400 g/mol. The van der Waals surface area contributed by atoms with Crippen molar-refractivity contribution in [3.63, 3.8) is 0 Å². The van der Waals surface area contributed by atoms with Crippen molar-refractivity contribution < 1.29 is 17.9 Å². The van der Waals surface area contributed by atoms with E-state index in [2.05, 4.69) is 4.98 Å². The number of ketones is 1. The number of ether oxygens (including phenoxy) is 1. The molecule has 3 rings (SSSR count). The Labute approximate surface area is 170 Å². The van der Waals surface area contributed by atoms with E-state index in [9.17, 15) is 13.2 Å². The van der Waals surface area contributed by atoms with Crippen molar-refractivity contribution in [2.75, 3.05) is 19.7 Å². The molecular formula is C20H23ClN2O4S. The highest BCUT2D eigenvalue weighted by molar-refractivity contribution is 7.89. The van der Waals surface area contributed by atoms with Crippen LogP contribution < -0.4 is 0 Å². The second-order valence-electron chi connectivity index (χ2n) is 6.77. The summed E-state index contributed by atoms with van der Waals surface area (Å²) in [6, 6.07) is 7.98. The van der Waals surface area contributed by atoms with Gasteiger partial charge in [-0.25, -0.2) is 8.42 Å². The summed E-state index contributed by atoms with van der Waals surface area (Å²) in [6.45, 7) is 2.67. The third-order valence-electron chi connectivity index (χ3n) is 4.81. The third kappa shape index (κ3) is 4.78. The first-order chi connectivity index (χ1) is 13.4. The van der Waals surface area contributed by atoms with Gasteiger partial charge in [-0.05, 0) is 50.1 Å². The predicted octanol–water partition coefficient (Wildman–Crippen LogP) is 3.87. The van der Waals surface area contributed by atoms with Gasteiger partial charge in [-0.15, -0.1) is 0 Å². The van der Waals surface area contributed by atoms with Crippen molar-refractivity contribution in [3.8, 4) is 0 Å². The molecule has 0 bridgehead atoms. The lowest BCUT2D eigenvalue weighted by Gasteiger charge is -2.26. The zero-order valence-electron chi connectivity index (χ0n) is 15.7. The molecule has 1 atom stereocenters. The molecule has 1 aromatic heterocycles. The number of pyridine rings is 1. The molecule has 0 spiro atoms. The average molecular weight is 423 g/mol. The van der Waals surface area contributed by atoms with Crippen LogP contribution in [0.5, 0.6) is 0 Å². The SMILES string of the molecule is CC(OCC(=O)c1cccnc1)c1cc(S(=O)(=O)N2CCCCC2)ccc1Cl. The quantitative estimate of drug-likeness (QED) is 0.633. The topological polar surface area (TPSA) is 76.6 Å². The number of hydrogen-bond acceptors (Lipinski definition) is 5. The van der Waals surface area contributed by atoms with E-state index < -0.39 is 16.1 Å². The lowest BCUT2D eigenvalue weighted by molar-refractivity contribution is 0.0520. The molecule has 1 aliphatic rings. The summed E-state index contributed by atoms with van der Waals surface area (Å²) in [5.41, 5.74) is 1.00. The number of Topliss-reactive ketones (excluding diaryl/α,β-unsaturated/α-hetero) is 1. The molecule has 1 aliphatic heterocycles. The average Bonchev–Trinajstić information content (AvgIpc) is 2.73. The summed E-state index contributed by atoms with van der Waals surface area (Å²) < 4.78 is 33.0. The van der Waals surface area contributed by atoms with Crippen molar-refractivity contribution in [1.29, 1.82) is 0 Å². The Bertz CT molecular complexity index is 928. The summed E-state index contributed by atoms with van der Waals surface area (Å²) in [7, 11) is -3.57. The highest BCUT2D eigenvalue weighted by Crippen LogP contribution is 2.30. The van der Waals surface area contributed by atoms with Gasteiger partial charge in [0.2, 0.25) is 10.0 Å². The molecule has 0 N–H and O–H groups in total. The van der Waals surface area contributed by atoms with E-state index in [1.54, 1.807) is 37.4 Å². The molecule has 1 fully saturated rings. The summed E-state index contributed by atoms with van der Waals surface area (Å²) in [6.07, 6.45) is 5.33. The molecule has 1 unspecified atom stereocenters. The first-order valence-electron chi connectivity index (χ1n) is 9.24. The number of carbonyl (C=O) groups excluding carboxylic acids is 1. The highest BCUT2D eigenvalue weighted by atomic mass is 35.5. The van der Waals surface area contributed by atoms with Crippen molar-refractivity contribution in [2.24, 2.45) is 0 Å². The van der Waals surface area contributed by atoms with Gasteiger partial charge in [0.25, 0.3) is 0 Å². The molecule has 1 saturated heterocycles. The van der Waals surface area contributed by atoms with Gasteiger partial charge in [-0.3, -0.25) is 9.78 Å². The van der Waals surface area contributed by atoms with E-state index in [0.717, 1.165) is 19.3 Å². The zero-order valence-corrected chi connectivity index (χ0v) is 17.2. The number of piperidine rings is 1. The minimum atomic E-state index is -3.57. The third-order valence-corrected chi connectivity index (χ3v) is 7.05. The van der Waals surface area contributed by atoms with E-state index in [1.807, 2.05) is 0 Å². The fourth-order valence-electron chi connectivity index (χ4n) is 3.15. The number of sulfonamides is 1. The van der Waals surface area contributed by atoms with Crippen LogP contribution in [0.2, 0.25) is 5.02 Å². The number of aromatic nitrogens is 1. The van der Waals surface area contributed by atoms with Gasteiger partial charge in [0.05, 0.1) is 11.0 Å². The van der Waals surface area contributed by atoms with Crippen LogP contribution >= 0.6 is 11.6 Å². The fourth-order valence-corrected chi connectivity index (χ4v) is 4.97. The molecule has 8 heteroatoms. The Morgan fingerprint density at radius 2 is 2.00 bits per heavy atom.